The first-order valence-corrected chi connectivity index (χ1v) is 5.32. The Morgan fingerprint density at radius 3 is 2.94 bits per heavy atom. The molecule has 1 aromatic rings. The molecule has 0 bridgehead atoms. The van der Waals surface area contributed by atoms with Gasteiger partial charge in [0.2, 0.25) is 0 Å². The van der Waals surface area contributed by atoms with E-state index in [2.05, 4.69) is 10.3 Å². The second-order valence-corrected chi connectivity index (χ2v) is 4.20. The number of rotatable bonds is 3. The third-order valence-electron chi connectivity index (χ3n) is 2.92. The van der Waals surface area contributed by atoms with Crippen molar-refractivity contribution in [3.63, 3.8) is 0 Å². The lowest BCUT2D eigenvalue weighted by Crippen LogP contribution is -2.48. The monoisotopic (exact) mass is 221 g/mol. The molecule has 0 unspecified atom stereocenters. The van der Waals surface area contributed by atoms with E-state index in [1.165, 1.54) is 6.20 Å². The zero-order valence-electron chi connectivity index (χ0n) is 8.94. The molecule has 1 aliphatic rings. The van der Waals surface area contributed by atoms with Gasteiger partial charge in [-0.1, -0.05) is 0 Å². The van der Waals surface area contributed by atoms with E-state index in [1.54, 1.807) is 12.1 Å². The number of aliphatic hydroxyl groups is 1. The van der Waals surface area contributed by atoms with Crippen LogP contribution in [0.4, 0.5) is 5.69 Å². The van der Waals surface area contributed by atoms with Crippen molar-refractivity contribution >= 4 is 11.6 Å². The SMILES string of the molecule is Nc1cccnc1C(=O)NCC1(O)CCC1. The number of carbonyl (C=O) groups excluding carboxylic acids is 1. The Bertz CT molecular complexity index is 402. The predicted molar refractivity (Wildman–Crippen MR) is 59.8 cm³/mol. The molecule has 16 heavy (non-hydrogen) atoms. The van der Waals surface area contributed by atoms with E-state index in [0.717, 1.165) is 19.3 Å². The number of nitrogen functional groups attached to an aromatic ring is 1. The summed E-state index contributed by atoms with van der Waals surface area (Å²) in [6.45, 7) is 0.266. The van der Waals surface area contributed by atoms with E-state index < -0.39 is 5.60 Å². The van der Waals surface area contributed by atoms with E-state index >= 15 is 0 Å². The highest BCUT2D eigenvalue weighted by molar-refractivity contribution is 5.97. The Balaban J connectivity index is 1.96. The number of pyridine rings is 1. The van der Waals surface area contributed by atoms with Crippen LogP contribution in [0.25, 0.3) is 0 Å². The van der Waals surface area contributed by atoms with Crippen molar-refractivity contribution in [2.75, 3.05) is 12.3 Å². The molecular formula is C11H15N3O2. The fourth-order valence-corrected chi connectivity index (χ4v) is 1.70. The smallest absolute Gasteiger partial charge is 0.272 e. The van der Waals surface area contributed by atoms with Crippen molar-refractivity contribution in [1.82, 2.24) is 10.3 Å². The Hall–Kier alpha value is -1.62. The molecule has 0 spiro atoms. The van der Waals surface area contributed by atoms with Crippen LogP contribution in [-0.4, -0.2) is 28.1 Å². The number of hydrogen-bond donors (Lipinski definition) is 3. The number of hydrogen-bond acceptors (Lipinski definition) is 4. The maximum absolute atomic E-state index is 11.7. The maximum atomic E-state index is 11.7. The van der Waals surface area contributed by atoms with E-state index in [9.17, 15) is 9.90 Å². The Morgan fingerprint density at radius 2 is 2.38 bits per heavy atom. The van der Waals surface area contributed by atoms with E-state index in [4.69, 9.17) is 5.73 Å². The van der Waals surface area contributed by atoms with Crippen molar-refractivity contribution in [3.8, 4) is 0 Å². The van der Waals surface area contributed by atoms with Crippen molar-refractivity contribution in [2.45, 2.75) is 24.9 Å². The molecule has 1 heterocycles. The van der Waals surface area contributed by atoms with Crippen LogP contribution < -0.4 is 11.1 Å². The summed E-state index contributed by atoms with van der Waals surface area (Å²) >= 11 is 0. The lowest BCUT2D eigenvalue weighted by Gasteiger charge is -2.36. The van der Waals surface area contributed by atoms with E-state index in [1.807, 2.05) is 0 Å². The summed E-state index contributed by atoms with van der Waals surface area (Å²) in [4.78, 5) is 15.6. The van der Waals surface area contributed by atoms with Crippen LogP contribution in [0.5, 0.6) is 0 Å². The largest absolute Gasteiger partial charge is 0.397 e. The first-order chi connectivity index (χ1) is 7.61. The van der Waals surface area contributed by atoms with Gasteiger partial charge in [-0.05, 0) is 31.4 Å². The van der Waals surface area contributed by atoms with Crippen LogP contribution in [0.15, 0.2) is 18.3 Å². The van der Waals surface area contributed by atoms with Gasteiger partial charge < -0.3 is 16.2 Å². The van der Waals surface area contributed by atoms with Crippen molar-refractivity contribution < 1.29 is 9.90 Å². The van der Waals surface area contributed by atoms with Crippen molar-refractivity contribution in [3.05, 3.63) is 24.0 Å². The zero-order chi connectivity index (χ0) is 11.6. The highest BCUT2D eigenvalue weighted by Gasteiger charge is 2.34. The van der Waals surface area contributed by atoms with Gasteiger partial charge in [-0.2, -0.15) is 0 Å². The predicted octanol–water partition coefficient (Wildman–Crippen LogP) is 0.309. The van der Waals surface area contributed by atoms with Gasteiger partial charge in [0.05, 0.1) is 11.3 Å². The lowest BCUT2D eigenvalue weighted by atomic mass is 9.80. The average molecular weight is 221 g/mol. The summed E-state index contributed by atoms with van der Waals surface area (Å²) in [6.07, 6.45) is 4.01. The van der Waals surface area contributed by atoms with E-state index in [0.29, 0.717) is 5.69 Å². The van der Waals surface area contributed by atoms with Gasteiger partial charge in [0.1, 0.15) is 0 Å². The first-order valence-electron chi connectivity index (χ1n) is 5.32. The number of nitrogens with one attached hydrogen (secondary N) is 1. The second kappa shape index (κ2) is 4.09. The van der Waals surface area contributed by atoms with E-state index in [-0.39, 0.29) is 18.1 Å². The number of carbonyl (C=O) groups is 1. The summed E-state index contributed by atoms with van der Waals surface area (Å²) in [6, 6.07) is 3.30. The molecule has 1 fully saturated rings. The Morgan fingerprint density at radius 1 is 1.62 bits per heavy atom. The van der Waals surface area contributed by atoms with Gasteiger partial charge in [0.25, 0.3) is 5.91 Å². The number of nitrogens with zero attached hydrogens (tertiary/aromatic N) is 1. The van der Waals surface area contributed by atoms with Crippen LogP contribution in [-0.2, 0) is 0 Å². The standard InChI is InChI=1S/C11H15N3O2/c12-8-3-1-6-13-9(8)10(15)14-7-11(16)4-2-5-11/h1,3,6,16H,2,4-5,7,12H2,(H,14,15). The topological polar surface area (TPSA) is 88.2 Å². The molecule has 1 aromatic heterocycles. The van der Waals surface area contributed by atoms with Crippen LogP contribution in [0.2, 0.25) is 0 Å². The number of nitrogens with two attached hydrogens (primary N) is 1. The molecule has 0 aliphatic heterocycles. The minimum atomic E-state index is -0.723. The number of aromatic nitrogens is 1. The fourth-order valence-electron chi connectivity index (χ4n) is 1.70. The summed E-state index contributed by atoms with van der Waals surface area (Å²) in [5.74, 6) is -0.335. The molecule has 86 valence electrons. The van der Waals surface area contributed by atoms with Crippen molar-refractivity contribution in [2.24, 2.45) is 0 Å². The second-order valence-electron chi connectivity index (χ2n) is 4.20. The summed E-state index contributed by atoms with van der Waals surface area (Å²) < 4.78 is 0. The Kier molecular flexibility index (Phi) is 2.78. The minimum absolute atomic E-state index is 0.213. The molecule has 0 saturated heterocycles. The quantitative estimate of drug-likeness (QED) is 0.685. The van der Waals surface area contributed by atoms with Gasteiger partial charge >= 0.3 is 0 Å². The van der Waals surface area contributed by atoms with Crippen LogP contribution in [0.3, 0.4) is 0 Å². The third-order valence-corrected chi connectivity index (χ3v) is 2.92. The van der Waals surface area contributed by atoms with Crippen LogP contribution in [0, 0.1) is 0 Å². The van der Waals surface area contributed by atoms with Crippen molar-refractivity contribution in [1.29, 1.82) is 0 Å². The molecule has 1 aliphatic carbocycles. The molecule has 0 aromatic carbocycles. The Labute approximate surface area is 93.7 Å². The van der Waals surface area contributed by atoms with Crippen LogP contribution in [0.1, 0.15) is 29.8 Å². The first kappa shape index (κ1) is 10.9. The highest BCUT2D eigenvalue weighted by atomic mass is 16.3. The van der Waals surface area contributed by atoms with Gasteiger partial charge in [0.15, 0.2) is 5.69 Å². The van der Waals surface area contributed by atoms with Gasteiger partial charge in [-0.3, -0.25) is 4.79 Å². The molecule has 5 nitrogen and oxygen atoms in total. The summed E-state index contributed by atoms with van der Waals surface area (Å²) in [7, 11) is 0. The maximum Gasteiger partial charge on any atom is 0.272 e. The highest BCUT2D eigenvalue weighted by Crippen LogP contribution is 2.30. The minimum Gasteiger partial charge on any atom is -0.397 e. The molecule has 5 heteroatoms. The fraction of sp³-hybridized carbons (Fsp3) is 0.455. The lowest BCUT2D eigenvalue weighted by molar-refractivity contribution is -0.0300. The molecule has 4 N–H and O–H groups in total. The number of anilines is 1. The molecular weight excluding hydrogens is 206 g/mol. The zero-order valence-corrected chi connectivity index (χ0v) is 8.94. The van der Waals surface area contributed by atoms with Crippen LogP contribution >= 0.6 is 0 Å². The molecule has 2 rings (SSSR count). The normalized spacial score (nSPS) is 17.6. The molecule has 0 radical (unpaired) electrons. The average Bonchev–Trinajstić information content (AvgIpc) is 2.24. The van der Waals surface area contributed by atoms with Gasteiger partial charge in [0, 0.05) is 12.7 Å². The number of amides is 1. The summed E-state index contributed by atoms with van der Waals surface area (Å²) in [5, 5.41) is 12.5. The van der Waals surface area contributed by atoms with Gasteiger partial charge in [-0.15, -0.1) is 0 Å². The third kappa shape index (κ3) is 2.14. The van der Waals surface area contributed by atoms with Gasteiger partial charge in [-0.25, -0.2) is 4.98 Å². The molecule has 0 atom stereocenters. The summed E-state index contributed by atoms with van der Waals surface area (Å²) in [5.41, 5.74) is 5.46. The molecule has 1 amide bonds. The molecule has 1 saturated carbocycles.